The minimum absolute atomic E-state index is 0.123. The Kier molecular flexibility index (Phi) is 9.93. The molecular weight excluding hydrogens is 527 g/mol. The third-order valence-corrected chi connectivity index (χ3v) is 6.91. The van der Waals surface area contributed by atoms with Crippen LogP contribution in [0.1, 0.15) is 43.2 Å². The molecule has 0 bridgehead atoms. The molecule has 0 saturated carbocycles. The minimum Gasteiger partial charge on any atom is -0.363 e. The van der Waals surface area contributed by atoms with Gasteiger partial charge in [-0.15, -0.1) is 0 Å². The van der Waals surface area contributed by atoms with E-state index in [1.54, 1.807) is 30.7 Å². The summed E-state index contributed by atoms with van der Waals surface area (Å²) in [5.74, 6) is -0.123. The summed E-state index contributed by atoms with van der Waals surface area (Å²) in [6, 6.07) is 15.0. The molecule has 0 radical (unpaired) electrons. The Bertz CT molecular complexity index is 1280. The van der Waals surface area contributed by atoms with E-state index in [0.29, 0.717) is 46.9 Å². The predicted octanol–water partition coefficient (Wildman–Crippen LogP) is 4.94. The van der Waals surface area contributed by atoms with Gasteiger partial charge in [-0.25, -0.2) is 4.98 Å². The van der Waals surface area contributed by atoms with Crippen LogP contribution in [-0.2, 0) is 24.3 Å². The maximum Gasteiger partial charge on any atom is 0.226 e. The first-order chi connectivity index (χ1) is 17.6. The second kappa shape index (κ2) is 12.9. The zero-order valence-electron chi connectivity index (χ0n) is 21.1. The zero-order chi connectivity index (χ0) is 27.0. The van der Waals surface area contributed by atoms with Gasteiger partial charge < -0.3 is 20.1 Å². The molecule has 0 spiro atoms. The van der Waals surface area contributed by atoms with Crippen molar-refractivity contribution in [3.8, 4) is 6.07 Å². The number of halogens is 2. The summed E-state index contributed by atoms with van der Waals surface area (Å²) in [5, 5.41) is 16.9. The third kappa shape index (κ3) is 8.19. The molecule has 0 unspecified atom stereocenters. The van der Waals surface area contributed by atoms with Crippen LogP contribution in [0.15, 0.2) is 55.0 Å². The monoisotopic (exact) mass is 556 g/mol. The van der Waals surface area contributed by atoms with Gasteiger partial charge in [-0.2, -0.15) is 5.26 Å². The molecule has 0 aliphatic carbocycles. The third-order valence-electron chi connectivity index (χ3n) is 5.65. The number of nitrogens with zero attached hydrogens (tertiary/aromatic N) is 4. The number of imidazole rings is 1. The van der Waals surface area contributed by atoms with Crippen molar-refractivity contribution in [3.05, 3.63) is 87.4 Å². The Morgan fingerprint density at radius 3 is 2.62 bits per heavy atom. The normalized spacial score (nSPS) is 11.0. The van der Waals surface area contributed by atoms with Crippen molar-refractivity contribution < 1.29 is 4.79 Å². The highest BCUT2D eigenvalue weighted by Gasteiger charge is 2.26. The molecule has 1 aromatic heterocycles. The Balaban J connectivity index is 1.67. The van der Waals surface area contributed by atoms with Crippen molar-refractivity contribution in [2.24, 2.45) is 0 Å². The average Bonchev–Trinajstić information content (AvgIpc) is 3.27. The molecule has 0 fully saturated rings. The summed E-state index contributed by atoms with van der Waals surface area (Å²) in [7, 11) is 0. The van der Waals surface area contributed by atoms with Gasteiger partial charge in [0.25, 0.3) is 0 Å². The van der Waals surface area contributed by atoms with Crippen LogP contribution < -0.4 is 10.6 Å². The summed E-state index contributed by atoms with van der Waals surface area (Å²) in [6.07, 6.45) is 3.58. The smallest absolute Gasteiger partial charge is 0.226 e. The van der Waals surface area contributed by atoms with Crippen LogP contribution in [0.3, 0.4) is 0 Å². The predicted molar refractivity (Wildman–Crippen MR) is 152 cm³/mol. The van der Waals surface area contributed by atoms with Crippen LogP contribution in [0.25, 0.3) is 0 Å². The maximum atomic E-state index is 13.1. The molecule has 1 amide bonds. The SMILES string of the molecule is CCNC(=S)N(Cc1cccc(Cl)c1Cl)CC(C)(C)NC(=O)Cc1cncn1Cc1ccc(C#N)cc1. The molecule has 194 valence electrons. The van der Waals surface area contributed by atoms with E-state index in [2.05, 4.69) is 21.7 Å². The quantitative estimate of drug-likeness (QED) is 0.344. The molecule has 3 rings (SSSR count). The first kappa shape index (κ1) is 28.5. The number of nitrogens with one attached hydrogen (secondary N) is 2. The van der Waals surface area contributed by atoms with Crippen molar-refractivity contribution >= 4 is 46.4 Å². The van der Waals surface area contributed by atoms with Gasteiger partial charge in [0.05, 0.1) is 40.0 Å². The van der Waals surface area contributed by atoms with Gasteiger partial charge in [-0.3, -0.25) is 4.79 Å². The van der Waals surface area contributed by atoms with E-state index in [1.807, 2.05) is 54.5 Å². The van der Waals surface area contributed by atoms with Crippen molar-refractivity contribution in [1.29, 1.82) is 5.26 Å². The van der Waals surface area contributed by atoms with Crippen LogP contribution >= 0.6 is 35.4 Å². The van der Waals surface area contributed by atoms with Gasteiger partial charge >= 0.3 is 0 Å². The minimum atomic E-state index is -0.598. The fraction of sp³-hybridized carbons (Fsp3) is 0.333. The van der Waals surface area contributed by atoms with Gasteiger partial charge in [0.2, 0.25) is 5.91 Å². The second-order valence-electron chi connectivity index (χ2n) is 9.33. The zero-order valence-corrected chi connectivity index (χ0v) is 23.4. The van der Waals surface area contributed by atoms with E-state index in [-0.39, 0.29) is 12.3 Å². The van der Waals surface area contributed by atoms with E-state index < -0.39 is 5.54 Å². The lowest BCUT2D eigenvalue weighted by atomic mass is 10.0. The summed E-state index contributed by atoms with van der Waals surface area (Å²) in [4.78, 5) is 19.3. The number of rotatable bonds is 10. The number of hydrogen-bond donors (Lipinski definition) is 2. The highest BCUT2D eigenvalue weighted by Crippen LogP contribution is 2.27. The van der Waals surface area contributed by atoms with Gasteiger partial charge in [0.1, 0.15) is 0 Å². The summed E-state index contributed by atoms with van der Waals surface area (Å²) >= 11 is 18.3. The lowest BCUT2D eigenvalue weighted by Crippen LogP contribution is -2.54. The first-order valence-corrected chi connectivity index (χ1v) is 13.0. The Hall–Kier alpha value is -3.12. The van der Waals surface area contributed by atoms with E-state index in [4.69, 9.17) is 40.7 Å². The number of benzene rings is 2. The average molecular weight is 558 g/mol. The maximum absolute atomic E-state index is 13.1. The molecule has 3 aromatic rings. The van der Waals surface area contributed by atoms with E-state index in [9.17, 15) is 4.79 Å². The molecule has 0 atom stereocenters. The fourth-order valence-corrected chi connectivity index (χ4v) is 4.61. The number of carbonyl (C=O) groups is 1. The van der Waals surface area contributed by atoms with Crippen LogP contribution in [-0.4, -0.2) is 44.1 Å². The Morgan fingerprint density at radius 2 is 1.95 bits per heavy atom. The largest absolute Gasteiger partial charge is 0.363 e. The van der Waals surface area contributed by atoms with Crippen LogP contribution in [0, 0.1) is 11.3 Å². The summed E-state index contributed by atoms with van der Waals surface area (Å²) in [5.41, 5.74) is 2.67. The van der Waals surface area contributed by atoms with E-state index in [1.165, 1.54) is 0 Å². The van der Waals surface area contributed by atoms with Gasteiger partial charge in [-0.05, 0) is 62.3 Å². The van der Waals surface area contributed by atoms with Crippen molar-refractivity contribution in [1.82, 2.24) is 25.1 Å². The molecule has 2 aromatic carbocycles. The molecule has 0 saturated heterocycles. The Morgan fingerprint density at radius 1 is 1.22 bits per heavy atom. The first-order valence-electron chi connectivity index (χ1n) is 11.9. The van der Waals surface area contributed by atoms with Crippen molar-refractivity contribution in [2.45, 2.75) is 45.8 Å². The fourth-order valence-electron chi connectivity index (χ4n) is 3.96. The standard InChI is InChI=1S/C27H30Cl2N6OS/c1-4-32-26(37)34(16-21-6-5-7-23(28)25(21)29)17-27(2,3)33-24(36)12-22-14-31-18-35(22)15-20-10-8-19(13-30)9-11-20/h5-11,14,18H,4,12,15-17H2,1-3H3,(H,32,37)(H,33,36). The second-order valence-corrected chi connectivity index (χ2v) is 10.5. The molecular formula is C27H30Cl2N6OS. The molecule has 0 aliphatic rings. The van der Waals surface area contributed by atoms with Crippen LogP contribution in [0.4, 0.5) is 0 Å². The summed E-state index contributed by atoms with van der Waals surface area (Å²) < 4.78 is 1.93. The highest BCUT2D eigenvalue weighted by molar-refractivity contribution is 7.80. The highest BCUT2D eigenvalue weighted by atomic mass is 35.5. The lowest BCUT2D eigenvalue weighted by Gasteiger charge is -2.35. The van der Waals surface area contributed by atoms with Gasteiger partial charge in [0, 0.05) is 38.1 Å². The van der Waals surface area contributed by atoms with E-state index >= 15 is 0 Å². The van der Waals surface area contributed by atoms with Crippen molar-refractivity contribution in [2.75, 3.05) is 13.1 Å². The number of nitriles is 1. The molecule has 7 nitrogen and oxygen atoms in total. The van der Waals surface area contributed by atoms with Gasteiger partial charge in [-0.1, -0.05) is 47.5 Å². The number of aromatic nitrogens is 2. The molecule has 10 heteroatoms. The van der Waals surface area contributed by atoms with Gasteiger partial charge in [0.15, 0.2) is 5.11 Å². The number of thiocarbonyl (C=S) groups is 1. The number of carbonyl (C=O) groups excluding carboxylic acids is 1. The molecule has 37 heavy (non-hydrogen) atoms. The van der Waals surface area contributed by atoms with Crippen LogP contribution in [0.5, 0.6) is 0 Å². The number of amides is 1. The molecule has 2 N–H and O–H groups in total. The summed E-state index contributed by atoms with van der Waals surface area (Å²) in [6.45, 7) is 8.03. The molecule has 1 heterocycles. The topological polar surface area (TPSA) is 86.0 Å². The van der Waals surface area contributed by atoms with Crippen LogP contribution in [0.2, 0.25) is 10.0 Å². The molecule has 0 aliphatic heterocycles. The van der Waals surface area contributed by atoms with E-state index in [0.717, 1.165) is 16.8 Å². The number of hydrogen-bond acceptors (Lipinski definition) is 4. The Labute approximate surface area is 233 Å². The van der Waals surface area contributed by atoms with Crippen molar-refractivity contribution in [3.63, 3.8) is 0 Å². The lowest BCUT2D eigenvalue weighted by molar-refractivity contribution is -0.122.